The van der Waals surface area contributed by atoms with Crippen LogP contribution in [0.3, 0.4) is 0 Å². The molecule has 1 saturated carbocycles. The Morgan fingerprint density at radius 3 is 2.05 bits per heavy atom. The van der Waals surface area contributed by atoms with Crippen molar-refractivity contribution in [1.29, 1.82) is 0 Å². The average Bonchev–Trinajstić information content (AvgIpc) is 2.25. The van der Waals surface area contributed by atoms with E-state index < -0.39 is 36.1 Å². The van der Waals surface area contributed by atoms with Crippen molar-refractivity contribution in [2.75, 3.05) is 6.61 Å². The van der Waals surface area contributed by atoms with Crippen LogP contribution in [0.15, 0.2) is 0 Å². The monoisotopic (exact) mass is 307 g/mol. The van der Waals surface area contributed by atoms with Gasteiger partial charge in [0.25, 0.3) is 0 Å². The number of alkyl halides is 6. The van der Waals surface area contributed by atoms with Crippen LogP contribution in [0.25, 0.3) is 0 Å². The maximum absolute atomic E-state index is 12.4. The molecule has 1 aliphatic rings. The van der Waals surface area contributed by atoms with Crippen molar-refractivity contribution in [2.24, 2.45) is 11.8 Å². The highest BCUT2D eigenvalue weighted by atomic mass is 19.4. The first kappa shape index (κ1) is 17.1. The van der Waals surface area contributed by atoms with E-state index in [4.69, 9.17) is 5.11 Å². The molecule has 0 spiro atoms. The summed E-state index contributed by atoms with van der Waals surface area (Å²) in [5.41, 5.74) is 0. The van der Waals surface area contributed by atoms with Crippen molar-refractivity contribution in [3.05, 3.63) is 0 Å². The first-order chi connectivity index (χ1) is 9.07. The van der Waals surface area contributed by atoms with Crippen molar-refractivity contribution in [2.45, 2.75) is 44.1 Å². The number of carbonyl (C=O) groups excluding carboxylic acids is 1. The van der Waals surface area contributed by atoms with E-state index in [9.17, 15) is 31.1 Å². The van der Waals surface area contributed by atoms with Crippen LogP contribution in [0.5, 0.6) is 0 Å². The maximum atomic E-state index is 12.4. The number of hydrogen-bond donors (Lipinski definition) is 2. The lowest BCUT2D eigenvalue weighted by Gasteiger charge is -2.32. The zero-order valence-electron chi connectivity index (χ0n) is 10.4. The SMILES string of the molecule is O=C(NC1CCCCC1CO)C(C(F)(F)F)C(F)(F)F. The molecule has 0 saturated heterocycles. The molecule has 2 N–H and O–H groups in total. The third kappa shape index (κ3) is 4.26. The fraction of sp³-hybridized carbons (Fsp3) is 0.909. The van der Waals surface area contributed by atoms with Gasteiger partial charge in [-0.3, -0.25) is 4.79 Å². The smallest absolute Gasteiger partial charge is 0.396 e. The number of hydrogen-bond acceptors (Lipinski definition) is 2. The number of aliphatic hydroxyl groups is 1. The third-order valence-electron chi connectivity index (χ3n) is 3.39. The van der Waals surface area contributed by atoms with E-state index in [1.54, 1.807) is 5.32 Å². The minimum atomic E-state index is -5.69. The second kappa shape index (κ2) is 6.19. The van der Waals surface area contributed by atoms with Gasteiger partial charge in [0, 0.05) is 18.6 Å². The van der Waals surface area contributed by atoms with Crippen molar-refractivity contribution in [1.82, 2.24) is 5.32 Å². The second-order valence-electron chi connectivity index (χ2n) is 4.86. The van der Waals surface area contributed by atoms with E-state index >= 15 is 0 Å². The minimum Gasteiger partial charge on any atom is -0.396 e. The normalized spacial score (nSPS) is 24.8. The van der Waals surface area contributed by atoms with Crippen molar-refractivity contribution >= 4 is 5.91 Å². The summed E-state index contributed by atoms with van der Waals surface area (Å²) in [6, 6.07) is -0.853. The van der Waals surface area contributed by atoms with Crippen molar-refractivity contribution < 1.29 is 36.2 Å². The number of carbonyl (C=O) groups is 1. The molecule has 0 aromatic heterocycles. The molecule has 0 radical (unpaired) electrons. The molecule has 9 heteroatoms. The van der Waals surface area contributed by atoms with Gasteiger partial charge >= 0.3 is 12.4 Å². The number of aliphatic hydroxyl groups excluding tert-OH is 1. The topological polar surface area (TPSA) is 49.3 Å². The van der Waals surface area contributed by atoms with Crippen LogP contribution in [0.4, 0.5) is 26.3 Å². The highest BCUT2D eigenvalue weighted by Crippen LogP contribution is 2.39. The lowest BCUT2D eigenvalue weighted by molar-refractivity contribution is -0.274. The summed E-state index contributed by atoms with van der Waals surface area (Å²) in [5.74, 6) is -6.64. The van der Waals surface area contributed by atoms with E-state index in [1.165, 1.54) is 0 Å². The van der Waals surface area contributed by atoms with E-state index in [0.29, 0.717) is 12.8 Å². The molecule has 0 aliphatic heterocycles. The Balaban J connectivity index is 2.81. The molecule has 118 valence electrons. The number of amides is 1. The Morgan fingerprint density at radius 1 is 1.10 bits per heavy atom. The zero-order valence-corrected chi connectivity index (χ0v) is 10.4. The predicted molar refractivity (Wildman–Crippen MR) is 56.6 cm³/mol. The number of rotatable bonds is 3. The molecule has 0 heterocycles. The highest BCUT2D eigenvalue weighted by Gasteiger charge is 2.61. The van der Waals surface area contributed by atoms with Crippen LogP contribution < -0.4 is 5.32 Å². The first-order valence-electron chi connectivity index (χ1n) is 6.12. The molecule has 0 bridgehead atoms. The summed E-state index contributed by atoms with van der Waals surface area (Å²) < 4.78 is 74.2. The van der Waals surface area contributed by atoms with E-state index in [2.05, 4.69) is 0 Å². The zero-order chi connectivity index (χ0) is 15.6. The predicted octanol–water partition coefficient (Wildman–Crippen LogP) is 2.39. The van der Waals surface area contributed by atoms with Gasteiger partial charge in [-0.25, -0.2) is 0 Å². The molecule has 1 rings (SSSR count). The molecular weight excluding hydrogens is 292 g/mol. The van der Waals surface area contributed by atoms with E-state index in [0.717, 1.165) is 6.42 Å². The first-order valence-corrected chi connectivity index (χ1v) is 6.12. The summed E-state index contributed by atoms with van der Waals surface area (Å²) in [7, 11) is 0. The third-order valence-corrected chi connectivity index (χ3v) is 3.39. The molecule has 1 fully saturated rings. The second-order valence-corrected chi connectivity index (χ2v) is 4.86. The molecule has 2 atom stereocenters. The Hall–Kier alpha value is -0.990. The van der Waals surface area contributed by atoms with Gasteiger partial charge in [-0.05, 0) is 12.8 Å². The van der Waals surface area contributed by atoms with Gasteiger partial charge in [0.1, 0.15) is 0 Å². The van der Waals surface area contributed by atoms with Gasteiger partial charge in [0.15, 0.2) is 0 Å². The van der Waals surface area contributed by atoms with Gasteiger partial charge in [0.2, 0.25) is 11.8 Å². The van der Waals surface area contributed by atoms with Crippen molar-refractivity contribution in [3.63, 3.8) is 0 Å². The summed E-state index contributed by atoms with van der Waals surface area (Å²) in [6.07, 6.45) is -9.34. The summed E-state index contributed by atoms with van der Waals surface area (Å²) in [6.45, 7) is -0.381. The van der Waals surface area contributed by atoms with Crippen LogP contribution in [-0.4, -0.2) is 36.0 Å². The van der Waals surface area contributed by atoms with Crippen LogP contribution in [-0.2, 0) is 4.79 Å². The standard InChI is InChI=1S/C11H15F6NO2/c12-10(13,14)8(11(15,16)17)9(20)18-7-4-2-1-3-6(7)5-19/h6-8,19H,1-5H2,(H,18,20). The Labute approximate surface area is 111 Å². The minimum absolute atomic E-state index is 0.263. The number of nitrogens with one attached hydrogen (secondary N) is 1. The lowest BCUT2D eigenvalue weighted by atomic mass is 9.84. The number of halogens is 6. The summed E-state index contributed by atoms with van der Waals surface area (Å²) in [5, 5.41) is 10.8. The maximum Gasteiger partial charge on any atom is 0.409 e. The Morgan fingerprint density at radius 2 is 1.60 bits per heavy atom. The van der Waals surface area contributed by atoms with Gasteiger partial charge < -0.3 is 10.4 Å². The fourth-order valence-corrected chi connectivity index (χ4v) is 2.37. The molecule has 0 aromatic rings. The molecule has 20 heavy (non-hydrogen) atoms. The summed E-state index contributed by atoms with van der Waals surface area (Å²) in [4.78, 5) is 11.3. The highest BCUT2D eigenvalue weighted by molar-refractivity contribution is 5.80. The van der Waals surface area contributed by atoms with Gasteiger partial charge in [-0.1, -0.05) is 12.8 Å². The van der Waals surface area contributed by atoms with E-state index in [-0.39, 0.29) is 13.0 Å². The molecular formula is C11H15F6NO2. The van der Waals surface area contributed by atoms with Gasteiger partial charge in [-0.15, -0.1) is 0 Å². The quantitative estimate of drug-likeness (QED) is 0.787. The van der Waals surface area contributed by atoms with Crippen LogP contribution in [0.2, 0.25) is 0 Å². The van der Waals surface area contributed by atoms with Crippen LogP contribution in [0, 0.1) is 11.8 Å². The van der Waals surface area contributed by atoms with E-state index in [1.807, 2.05) is 0 Å². The van der Waals surface area contributed by atoms with Gasteiger partial charge in [0.05, 0.1) is 0 Å². The molecule has 1 amide bonds. The molecule has 2 unspecified atom stereocenters. The largest absolute Gasteiger partial charge is 0.409 e. The van der Waals surface area contributed by atoms with Gasteiger partial charge in [-0.2, -0.15) is 26.3 Å². The molecule has 1 aliphatic carbocycles. The summed E-state index contributed by atoms with van der Waals surface area (Å²) >= 11 is 0. The fourth-order valence-electron chi connectivity index (χ4n) is 2.37. The van der Waals surface area contributed by atoms with Crippen LogP contribution in [0.1, 0.15) is 25.7 Å². The van der Waals surface area contributed by atoms with Crippen molar-refractivity contribution in [3.8, 4) is 0 Å². The Kier molecular flexibility index (Phi) is 5.28. The lowest BCUT2D eigenvalue weighted by Crippen LogP contribution is -2.53. The molecule has 3 nitrogen and oxygen atoms in total. The average molecular weight is 307 g/mol. The molecule has 0 aromatic carbocycles. The van der Waals surface area contributed by atoms with Crippen LogP contribution >= 0.6 is 0 Å². The Bertz CT molecular complexity index is 327.